The van der Waals surface area contributed by atoms with Gasteiger partial charge in [-0.05, 0) is 19.8 Å². The zero-order valence-corrected chi connectivity index (χ0v) is 7.39. The van der Waals surface area contributed by atoms with Gasteiger partial charge in [0.25, 0.3) is 0 Å². The Kier molecular flexibility index (Phi) is 1.31. The standard InChI is InChI=1S/C9H14N2/c1-6-4-9-10-7(2)8(3)11(9)5-6/h6H,4-5H2,1-3H3. The Hall–Kier alpha value is -0.790. The Morgan fingerprint density at radius 2 is 2.18 bits per heavy atom. The van der Waals surface area contributed by atoms with Crippen LogP contribution in [0.5, 0.6) is 0 Å². The summed E-state index contributed by atoms with van der Waals surface area (Å²) in [5, 5.41) is 0. The number of imidazole rings is 1. The minimum atomic E-state index is 0.789. The van der Waals surface area contributed by atoms with Crippen molar-refractivity contribution in [3.05, 3.63) is 17.2 Å². The van der Waals surface area contributed by atoms with Gasteiger partial charge in [-0.2, -0.15) is 0 Å². The number of aromatic nitrogens is 2. The van der Waals surface area contributed by atoms with Gasteiger partial charge in [0.15, 0.2) is 0 Å². The van der Waals surface area contributed by atoms with Gasteiger partial charge in [0.1, 0.15) is 5.82 Å². The lowest BCUT2D eigenvalue weighted by Gasteiger charge is -2.01. The second-order valence-electron chi connectivity index (χ2n) is 3.62. The van der Waals surface area contributed by atoms with E-state index in [0.29, 0.717) is 0 Å². The van der Waals surface area contributed by atoms with Crippen LogP contribution in [0.1, 0.15) is 24.1 Å². The topological polar surface area (TPSA) is 17.8 Å². The van der Waals surface area contributed by atoms with E-state index in [-0.39, 0.29) is 0 Å². The SMILES string of the molecule is Cc1nc2n(c1C)CC(C)C2. The Labute approximate surface area is 67.3 Å². The molecule has 11 heavy (non-hydrogen) atoms. The highest BCUT2D eigenvalue weighted by Crippen LogP contribution is 2.22. The molecule has 2 rings (SSSR count). The van der Waals surface area contributed by atoms with Crippen molar-refractivity contribution in [2.45, 2.75) is 33.7 Å². The second kappa shape index (κ2) is 2.10. The Morgan fingerprint density at radius 1 is 1.45 bits per heavy atom. The molecule has 1 aromatic rings. The van der Waals surface area contributed by atoms with E-state index >= 15 is 0 Å². The lowest BCUT2D eigenvalue weighted by Crippen LogP contribution is -1.99. The summed E-state index contributed by atoms with van der Waals surface area (Å²) in [4.78, 5) is 4.50. The van der Waals surface area contributed by atoms with Gasteiger partial charge in [-0.25, -0.2) is 4.98 Å². The molecule has 1 aliphatic heterocycles. The van der Waals surface area contributed by atoms with E-state index in [1.54, 1.807) is 0 Å². The molecule has 2 nitrogen and oxygen atoms in total. The number of aryl methyl sites for hydroxylation is 1. The third kappa shape index (κ3) is 0.889. The molecule has 0 aromatic carbocycles. The first-order chi connectivity index (χ1) is 5.18. The Morgan fingerprint density at radius 3 is 2.82 bits per heavy atom. The number of rotatable bonds is 0. The normalized spacial score (nSPS) is 22.3. The second-order valence-corrected chi connectivity index (χ2v) is 3.62. The molecule has 0 saturated carbocycles. The summed E-state index contributed by atoms with van der Waals surface area (Å²) in [7, 11) is 0. The number of hydrogen-bond donors (Lipinski definition) is 0. The lowest BCUT2D eigenvalue weighted by molar-refractivity contribution is 0.556. The van der Waals surface area contributed by atoms with Gasteiger partial charge in [0.2, 0.25) is 0 Å². The molecule has 2 heteroatoms. The van der Waals surface area contributed by atoms with Gasteiger partial charge in [-0.1, -0.05) is 6.92 Å². The van der Waals surface area contributed by atoms with Crippen LogP contribution in [-0.4, -0.2) is 9.55 Å². The minimum absolute atomic E-state index is 0.789. The van der Waals surface area contributed by atoms with Crippen LogP contribution in [0.4, 0.5) is 0 Å². The molecule has 0 aliphatic carbocycles. The molecule has 0 bridgehead atoms. The van der Waals surface area contributed by atoms with E-state index in [0.717, 1.165) is 12.3 Å². The van der Waals surface area contributed by atoms with Crippen molar-refractivity contribution in [2.24, 2.45) is 5.92 Å². The highest BCUT2D eigenvalue weighted by Gasteiger charge is 2.21. The molecule has 0 saturated heterocycles. The average molecular weight is 150 g/mol. The van der Waals surface area contributed by atoms with Crippen LogP contribution >= 0.6 is 0 Å². The van der Waals surface area contributed by atoms with Gasteiger partial charge < -0.3 is 4.57 Å². The van der Waals surface area contributed by atoms with E-state index in [2.05, 4.69) is 30.3 Å². The highest BCUT2D eigenvalue weighted by atomic mass is 15.1. The zero-order chi connectivity index (χ0) is 8.01. The average Bonchev–Trinajstić information content (AvgIpc) is 2.37. The van der Waals surface area contributed by atoms with Gasteiger partial charge in [0.05, 0.1) is 5.69 Å². The van der Waals surface area contributed by atoms with Crippen molar-refractivity contribution in [3.63, 3.8) is 0 Å². The fraction of sp³-hybridized carbons (Fsp3) is 0.667. The summed E-state index contributed by atoms with van der Waals surface area (Å²) in [5.41, 5.74) is 2.55. The predicted molar refractivity (Wildman–Crippen MR) is 44.6 cm³/mol. The van der Waals surface area contributed by atoms with Crippen molar-refractivity contribution in [3.8, 4) is 0 Å². The molecular weight excluding hydrogens is 136 g/mol. The van der Waals surface area contributed by atoms with Gasteiger partial charge in [-0.15, -0.1) is 0 Å². The predicted octanol–water partition coefficient (Wildman–Crippen LogP) is 1.69. The first kappa shape index (κ1) is 6.89. The van der Waals surface area contributed by atoms with Gasteiger partial charge in [0, 0.05) is 18.7 Å². The zero-order valence-electron chi connectivity index (χ0n) is 7.39. The molecule has 0 spiro atoms. The van der Waals surface area contributed by atoms with Crippen molar-refractivity contribution < 1.29 is 0 Å². The monoisotopic (exact) mass is 150 g/mol. The molecule has 2 heterocycles. The molecule has 0 amide bonds. The van der Waals surface area contributed by atoms with E-state index < -0.39 is 0 Å². The molecule has 0 radical (unpaired) electrons. The van der Waals surface area contributed by atoms with Crippen molar-refractivity contribution >= 4 is 0 Å². The molecule has 1 aromatic heterocycles. The molecule has 1 aliphatic rings. The molecule has 1 atom stereocenters. The van der Waals surface area contributed by atoms with Crippen LogP contribution in [0.3, 0.4) is 0 Å². The summed E-state index contributed by atoms with van der Waals surface area (Å²) < 4.78 is 2.35. The van der Waals surface area contributed by atoms with Crippen LogP contribution < -0.4 is 0 Å². The van der Waals surface area contributed by atoms with E-state index in [1.165, 1.54) is 23.8 Å². The fourth-order valence-corrected chi connectivity index (χ4v) is 1.81. The van der Waals surface area contributed by atoms with Gasteiger partial charge in [-0.3, -0.25) is 0 Å². The smallest absolute Gasteiger partial charge is 0.109 e. The molecule has 0 N–H and O–H groups in total. The fourth-order valence-electron chi connectivity index (χ4n) is 1.81. The Balaban J connectivity index is 2.48. The van der Waals surface area contributed by atoms with E-state index in [1.807, 2.05) is 0 Å². The maximum atomic E-state index is 4.50. The van der Waals surface area contributed by atoms with E-state index in [9.17, 15) is 0 Å². The summed E-state index contributed by atoms with van der Waals surface area (Å²) >= 11 is 0. The largest absolute Gasteiger partial charge is 0.332 e. The summed E-state index contributed by atoms with van der Waals surface area (Å²) in [6.45, 7) is 7.70. The van der Waals surface area contributed by atoms with Crippen LogP contribution in [0.15, 0.2) is 0 Å². The number of fused-ring (bicyclic) bond motifs is 1. The van der Waals surface area contributed by atoms with Crippen molar-refractivity contribution in [2.75, 3.05) is 0 Å². The molecular formula is C9H14N2. The van der Waals surface area contributed by atoms with Crippen molar-refractivity contribution in [1.82, 2.24) is 9.55 Å². The highest BCUT2D eigenvalue weighted by molar-refractivity contribution is 5.16. The van der Waals surface area contributed by atoms with E-state index in [4.69, 9.17) is 0 Å². The van der Waals surface area contributed by atoms with Crippen LogP contribution in [0.2, 0.25) is 0 Å². The maximum Gasteiger partial charge on any atom is 0.109 e. The van der Waals surface area contributed by atoms with Crippen LogP contribution in [0, 0.1) is 19.8 Å². The first-order valence-corrected chi connectivity index (χ1v) is 4.21. The molecule has 0 fully saturated rings. The number of hydrogen-bond acceptors (Lipinski definition) is 1. The lowest BCUT2D eigenvalue weighted by atomic mass is 10.1. The molecule has 1 unspecified atom stereocenters. The maximum absolute atomic E-state index is 4.50. The first-order valence-electron chi connectivity index (χ1n) is 4.21. The van der Waals surface area contributed by atoms with Crippen LogP contribution in [0.25, 0.3) is 0 Å². The quantitative estimate of drug-likeness (QED) is 0.550. The minimum Gasteiger partial charge on any atom is -0.332 e. The summed E-state index contributed by atoms with van der Waals surface area (Å²) in [6, 6.07) is 0. The third-order valence-corrected chi connectivity index (χ3v) is 2.56. The third-order valence-electron chi connectivity index (χ3n) is 2.56. The number of nitrogens with zero attached hydrogens (tertiary/aromatic N) is 2. The van der Waals surface area contributed by atoms with Crippen LogP contribution in [-0.2, 0) is 13.0 Å². The Bertz CT molecular complexity index is 286. The summed E-state index contributed by atoms with van der Waals surface area (Å²) in [6.07, 6.45) is 1.16. The van der Waals surface area contributed by atoms with Crippen molar-refractivity contribution in [1.29, 1.82) is 0 Å². The summed E-state index contributed by atoms with van der Waals surface area (Å²) in [5.74, 6) is 2.07. The van der Waals surface area contributed by atoms with Gasteiger partial charge >= 0.3 is 0 Å². The molecule has 60 valence electrons.